The van der Waals surface area contributed by atoms with E-state index in [4.69, 9.17) is 9.47 Å². The topological polar surface area (TPSA) is 58.6 Å². The second-order valence-corrected chi connectivity index (χ2v) is 11.3. The van der Waals surface area contributed by atoms with E-state index in [2.05, 4.69) is 83.1 Å². The maximum atomic E-state index is 11.0. The van der Waals surface area contributed by atoms with Crippen molar-refractivity contribution in [2.45, 2.75) is 63.2 Å². The molecule has 4 aromatic carbocycles. The standard InChI is InChI=1S/C33H36O4S/c1-6-33(5,7-2)26-12-18-29(19-13-26)36-27-14-8-24(9-15-27)32(3,4)25-10-16-28(17-11-25)37-30-20-22-31(23-21-30)38(34)35/h8-23H,6-7H2,1-5H3,(H,34,35)/p-1. The van der Waals surface area contributed by atoms with Crippen LogP contribution < -0.4 is 9.47 Å². The van der Waals surface area contributed by atoms with Crippen LogP contribution in [0.25, 0.3) is 0 Å². The average molecular weight is 528 g/mol. The van der Waals surface area contributed by atoms with Crippen molar-refractivity contribution in [1.82, 2.24) is 0 Å². The minimum atomic E-state index is -2.25. The summed E-state index contributed by atoms with van der Waals surface area (Å²) in [5, 5.41) is 0. The summed E-state index contributed by atoms with van der Waals surface area (Å²) < 4.78 is 34.1. The minimum Gasteiger partial charge on any atom is -0.768 e. The van der Waals surface area contributed by atoms with Crippen LogP contribution in [0, 0.1) is 0 Å². The van der Waals surface area contributed by atoms with Crippen LogP contribution in [-0.4, -0.2) is 8.76 Å². The summed E-state index contributed by atoms with van der Waals surface area (Å²) in [7, 11) is 0. The van der Waals surface area contributed by atoms with Crippen molar-refractivity contribution in [1.29, 1.82) is 0 Å². The highest BCUT2D eigenvalue weighted by atomic mass is 32.2. The van der Waals surface area contributed by atoms with Crippen molar-refractivity contribution in [3.05, 3.63) is 114 Å². The number of hydrogen-bond donors (Lipinski definition) is 0. The van der Waals surface area contributed by atoms with Crippen LogP contribution in [0.3, 0.4) is 0 Å². The molecule has 0 N–H and O–H groups in total. The van der Waals surface area contributed by atoms with Crippen LogP contribution in [0.2, 0.25) is 0 Å². The van der Waals surface area contributed by atoms with E-state index in [1.54, 1.807) is 12.1 Å². The average Bonchev–Trinajstić information content (AvgIpc) is 2.94. The van der Waals surface area contributed by atoms with Crippen LogP contribution in [-0.2, 0) is 21.9 Å². The second-order valence-electron chi connectivity index (χ2n) is 10.4. The SMILES string of the molecule is CCC(C)(CC)c1ccc(Oc2ccc(C(C)(C)c3ccc(Oc4ccc(S(=O)[O-])cc4)cc3)cc2)cc1. The number of hydrogen-bond acceptors (Lipinski definition) is 4. The third kappa shape index (κ3) is 6.17. The molecule has 0 saturated heterocycles. The highest BCUT2D eigenvalue weighted by molar-refractivity contribution is 7.79. The Morgan fingerprint density at radius 2 is 0.895 bits per heavy atom. The largest absolute Gasteiger partial charge is 0.768 e. The fourth-order valence-corrected chi connectivity index (χ4v) is 4.88. The molecule has 0 aromatic heterocycles. The molecule has 0 radical (unpaired) electrons. The molecule has 5 heteroatoms. The van der Waals surface area contributed by atoms with E-state index >= 15 is 0 Å². The molecular weight excluding hydrogens is 492 g/mol. The molecule has 1 unspecified atom stereocenters. The van der Waals surface area contributed by atoms with Gasteiger partial charge in [-0.3, -0.25) is 4.21 Å². The first kappa shape index (κ1) is 27.6. The maximum absolute atomic E-state index is 11.0. The molecule has 0 aliphatic carbocycles. The molecule has 0 aliphatic rings. The van der Waals surface area contributed by atoms with E-state index in [0.29, 0.717) is 11.5 Å². The van der Waals surface area contributed by atoms with Crippen molar-refractivity contribution in [2.75, 3.05) is 0 Å². The quantitative estimate of drug-likeness (QED) is 0.193. The van der Waals surface area contributed by atoms with Gasteiger partial charge in [0.2, 0.25) is 0 Å². The lowest BCUT2D eigenvalue weighted by molar-refractivity contribution is 0.436. The van der Waals surface area contributed by atoms with E-state index < -0.39 is 11.1 Å². The zero-order valence-electron chi connectivity index (χ0n) is 22.7. The van der Waals surface area contributed by atoms with E-state index in [1.165, 1.54) is 23.3 Å². The lowest BCUT2D eigenvalue weighted by Gasteiger charge is -2.27. The predicted octanol–water partition coefficient (Wildman–Crippen LogP) is 8.91. The summed E-state index contributed by atoms with van der Waals surface area (Å²) in [5.41, 5.74) is 3.65. The molecule has 0 saturated carbocycles. The van der Waals surface area contributed by atoms with Gasteiger partial charge in [0.1, 0.15) is 23.0 Å². The van der Waals surface area contributed by atoms with Crippen molar-refractivity contribution in [2.24, 2.45) is 0 Å². The Labute approximate surface area is 228 Å². The van der Waals surface area contributed by atoms with Gasteiger partial charge in [0.15, 0.2) is 0 Å². The van der Waals surface area contributed by atoms with Gasteiger partial charge in [0, 0.05) is 10.3 Å². The highest BCUT2D eigenvalue weighted by Gasteiger charge is 2.24. The monoisotopic (exact) mass is 527 g/mol. The molecule has 4 aromatic rings. The predicted molar refractivity (Wildman–Crippen MR) is 153 cm³/mol. The highest BCUT2D eigenvalue weighted by Crippen LogP contribution is 2.36. The summed E-state index contributed by atoms with van der Waals surface area (Å²) in [6.45, 7) is 11.2. The maximum Gasteiger partial charge on any atom is 0.127 e. The normalized spacial score (nSPS) is 12.7. The van der Waals surface area contributed by atoms with Crippen molar-refractivity contribution < 1.29 is 18.2 Å². The Morgan fingerprint density at radius 3 is 1.21 bits per heavy atom. The summed E-state index contributed by atoms with van der Waals surface area (Å²) in [4.78, 5) is 0.232. The molecule has 0 fully saturated rings. The Morgan fingerprint density at radius 1 is 0.579 bits per heavy atom. The van der Waals surface area contributed by atoms with Gasteiger partial charge in [-0.25, -0.2) is 0 Å². The number of benzene rings is 4. The van der Waals surface area contributed by atoms with E-state index in [9.17, 15) is 8.76 Å². The Kier molecular flexibility index (Phi) is 8.39. The molecule has 0 spiro atoms. The van der Waals surface area contributed by atoms with Crippen LogP contribution >= 0.6 is 0 Å². The van der Waals surface area contributed by atoms with Gasteiger partial charge in [-0.2, -0.15) is 0 Å². The van der Waals surface area contributed by atoms with E-state index in [0.717, 1.165) is 29.9 Å². The molecule has 38 heavy (non-hydrogen) atoms. The van der Waals surface area contributed by atoms with Gasteiger partial charge in [-0.15, -0.1) is 0 Å². The zero-order chi connectivity index (χ0) is 27.3. The summed E-state index contributed by atoms with van der Waals surface area (Å²) >= 11 is -2.25. The molecule has 0 heterocycles. The zero-order valence-corrected chi connectivity index (χ0v) is 23.5. The van der Waals surface area contributed by atoms with Gasteiger partial charge < -0.3 is 14.0 Å². The third-order valence-corrected chi connectivity index (χ3v) is 8.41. The van der Waals surface area contributed by atoms with E-state index in [1.807, 2.05) is 24.3 Å². The Balaban J connectivity index is 1.42. The van der Waals surface area contributed by atoms with Gasteiger partial charge >= 0.3 is 0 Å². The molecule has 0 amide bonds. The third-order valence-electron chi connectivity index (χ3n) is 7.75. The lowest BCUT2D eigenvalue weighted by Crippen LogP contribution is -2.19. The van der Waals surface area contributed by atoms with Crippen LogP contribution in [0.1, 0.15) is 64.2 Å². The molecule has 4 rings (SSSR count). The van der Waals surface area contributed by atoms with Crippen molar-refractivity contribution >= 4 is 11.1 Å². The van der Waals surface area contributed by atoms with Crippen LogP contribution in [0.4, 0.5) is 0 Å². The van der Waals surface area contributed by atoms with E-state index in [-0.39, 0.29) is 15.7 Å². The first-order chi connectivity index (χ1) is 18.1. The van der Waals surface area contributed by atoms with Crippen molar-refractivity contribution in [3.63, 3.8) is 0 Å². The molecule has 4 nitrogen and oxygen atoms in total. The minimum absolute atomic E-state index is 0.197. The first-order valence-corrected chi connectivity index (χ1v) is 14.1. The number of ether oxygens (including phenoxy) is 2. The lowest BCUT2D eigenvalue weighted by atomic mass is 9.78. The molecular formula is C33H35O4S-. The summed E-state index contributed by atoms with van der Waals surface area (Å²) in [6, 6.07) is 31.0. The van der Waals surface area contributed by atoms with Gasteiger partial charge in [0.05, 0.1) is 0 Å². The Bertz CT molecular complexity index is 1350. The first-order valence-electron chi connectivity index (χ1n) is 13.0. The smallest absolute Gasteiger partial charge is 0.127 e. The van der Waals surface area contributed by atoms with Crippen LogP contribution in [0.15, 0.2) is 102 Å². The number of rotatable bonds is 10. The van der Waals surface area contributed by atoms with Crippen LogP contribution in [0.5, 0.6) is 23.0 Å². The van der Waals surface area contributed by atoms with Gasteiger partial charge in [0.25, 0.3) is 0 Å². The van der Waals surface area contributed by atoms with Crippen molar-refractivity contribution in [3.8, 4) is 23.0 Å². The molecule has 1 atom stereocenters. The fraction of sp³-hybridized carbons (Fsp3) is 0.273. The molecule has 198 valence electrons. The summed E-state index contributed by atoms with van der Waals surface area (Å²) in [5.74, 6) is 2.91. The second kappa shape index (κ2) is 11.5. The fourth-order valence-electron chi connectivity index (χ4n) is 4.52. The molecule has 0 aliphatic heterocycles. The summed E-state index contributed by atoms with van der Waals surface area (Å²) in [6.07, 6.45) is 2.22. The van der Waals surface area contributed by atoms with Gasteiger partial charge in [-0.1, -0.05) is 71.0 Å². The van der Waals surface area contributed by atoms with Gasteiger partial charge in [-0.05, 0) is 107 Å². The Hall–Kier alpha value is -3.41. The molecule has 0 bridgehead atoms.